The van der Waals surface area contributed by atoms with Crippen molar-refractivity contribution in [3.63, 3.8) is 0 Å². The zero-order valence-electron chi connectivity index (χ0n) is 8.46. The van der Waals surface area contributed by atoms with E-state index in [0.29, 0.717) is 6.54 Å². The highest BCUT2D eigenvalue weighted by Crippen LogP contribution is 2.21. The van der Waals surface area contributed by atoms with Gasteiger partial charge in [-0.3, -0.25) is 0 Å². The first-order valence-corrected chi connectivity index (χ1v) is 5.24. The molecule has 2 nitrogen and oxygen atoms in total. The highest BCUT2D eigenvalue weighted by molar-refractivity contribution is 6.31. The quantitative estimate of drug-likeness (QED) is 0.805. The summed E-state index contributed by atoms with van der Waals surface area (Å²) in [6, 6.07) is 6.00. The number of rotatable bonds is 4. The molecule has 0 radical (unpaired) electrons. The van der Waals surface area contributed by atoms with Crippen LogP contribution in [0.5, 0.6) is 0 Å². The Balaban J connectivity index is 2.70. The fourth-order valence-corrected chi connectivity index (χ4v) is 1.52. The molecule has 0 saturated heterocycles. The van der Waals surface area contributed by atoms with E-state index in [0.717, 1.165) is 29.0 Å². The molecule has 0 amide bonds. The lowest BCUT2D eigenvalue weighted by atomic mass is 10.0. The largest absolute Gasteiger partial charge is 0.330 e. The molecule has 0 bridgehead atoms. The van der Waals surface area contributed by atoms with Crippen LogP contribution < -0.4 is 11.5 Å². The summed E-state index contributed by atoms with van der Waals surface area (Å²) in [4.78, 5) is 0. The summed E-state index contributed by atoms with van der Waals surface area (Å²) in [7, 11) is 0. The lowest BCUT2D eigenvalue weighted by Crippen LogP contribution is -2.12. The average molecular weight is 213 g/mol. The molecule has 0 heterocycles. The number of hydrogen-bond acceptors (Lipinski definition) is 2. The number of aryl methyl sites for hydroxylation is 1. The Kier molecular flexibility index (Phi) is 4.39. The van der Waals surface area contributed by atoms with Crippen molar-refractivity contribution in [3.8, 4) is 0 Å². The molecule has 0 aliphatic rings. The van der Waals surface area contributed by atoms with E-state index < -0.39 is 0 Å². The van der Waals surface area contributed by atoms with Crippen molar-refractivity contribution in [2.75, 3.05) is 6.54 Å². The second-order valence-electron chi connectivity index (χ2n) is 3.55. The normalized spacial score (nSPS) is 12.9. The number of nitrogens with two attached hydrogens (primary N) is 2. The second-order valence-corrected chi connectivity index (χ2v) is 3.95. The molecule has 0 fully saturated rings. The van der Waals surface area contributed by atoms with Crippen LogP contribution in [0, 0.1) is 6.92 Å². The van der Waals surface area contributed by atoms with Crippen molar-refractivity contribution in [1.82, 2.24) is 0 Å². The summed E-state index contributed by atoms with van der Waals surface area (Å²) >= 11 is 5.93. The van der Waals surface area contributed by atoms with Crippen molar-refractivity contribution < 1.29 is 0 Å². The van der Waals surface area contributed by atoms with Gasteiger partial charge in [0, 0.05) is 11.1 Å². The molecule has 78 valence electrons. The van der Waals surface area contributed by atoms with Gasteiger partial charge in [0.25, 0.3) is 0 Å². The van der Waals surface area contributed by atoms with Gasteiger partial charge in [0.1, 0.15) is 0 Å². The number of hydrogen-bond donors (Lipinski definition) is 2. The smallest absolute Gasteiger partial charge is 0.0435 e. The van der Waals surface area contributed by atoms with Crippen molar-refractivity contribution in [2.45, 2.75) is 25.8 Å². The Morgan fingerprint density at radius 2 is 2.14 bits per heavy atom. The first-order valence-electron chi connectivity index (χ1n) is 4.87. The fraction of sp³-hybridized carbons (Fsp3) is 0.455. The third kappa shape index (κ3) is 2.98. The Labute approximate surface area is 90.2 Å². The molecular weight excluding hydrogens is 196 g/mol. The number of benzene rings is 1. The van der Waals surface area contributed by atoms with Crippen LogP contribution in [0.2, 0.25) is 5.02 Å². The highest BCUT2D eigenvalue weighted by atomic mass is 35.5. The standard InChI is InChI=1S/C11H17ClN2/c1-8-7-9(4-5-10(8)12)11(14)3-2-6-13/h4-5,7,11H,2-3,6,13-14H2,1H3/t11-/m0/s1. The average Bonchev–Trinajstić information content (AvgIpc) is 2.18. The summed E-state index contributed by atoms with van der Waals surface area (Å²) < 4.78 is 0. The first kappa shape index (κ1) is 11.5. The molecule has 1 aromatic carbocycles. The Morgan fingerprint density at radius 1 is 1.43 bits per heavy atom. The van der Waals surface area contributed by atoms with E-state index in [1.165, 1.54) is 0 Å². The lowest BCUT2D eigenvalue weighted by Gasteiger charge is -2.12. The molecule has 0 saturated carbocycles. The van der Waals surface area contributed by atoms with Gasteiger partial charge in [0.2, 0.25) is 0 Å². The van der Waals surface area contributed by atoms with Gasteiger partial charge in [-0.25, -0.2) is 0 Å². The molecule has 1 rings (SSSR count). The molecule has 0 unspecified atom stereocenters. The van der Waals surface area contributed by atoms with Crippen LogP contribution in [0.25, 0.3) is 0 Å². The van der Waals surface area contributed by atoms with Crippen LogP contribution in [-0.4, -0.2) is 6.54 Å². The van der Waals surface area contributed by atoms with E-state index >= 15 is 0 Å². The molecule has 0 aromatic heterocycles. The summed E-state index contributed by atoms with van der Waals surface area (Å²) in [6.45, 7) is 2.68. The maximum absolute atomic E-state index is 6.00. The van der Waals surface area contributed by atoms with Crippen molar-refractivity contribution in [3.05, 3.63) is 34.3 Å². The molecule has 14 heavy (non-hydrogen) atoms. The Hall–Kier alpha value is -0.570. The maximum atomic E-state index is 6.00. The maximum Gasteiger partial charge on any atom is 0.0435 e. The van der Waals surface area contributed by atoms with E-state index in [-0.39, 0.29) is 6.04 Å². The third-order valence-corrected chi connectivity index (χ3v) is 2.75. The monoisotopic (exact) mass is 212 g/mol. The van der Waals surface area contributed by atoms with Gasteiger partial charge < -0.3 is 11.5 Å². The SMILES string of the molecule is Cc1cc([C@@H](N)CCCN)ccc1Cl. The van der Waals surface area contributed by atoms with Gasteiger partial charge in [-0.05, 0) is 43.5 Å². The van der Waals surface area contributed by atoms with E-state index in [4.69, 9.17) is 23.1 Å². The summed E-state index contributed by atoms with van der Waals surface area (Å²) in [5.41, 5.74) is 13.6. The van der Waals surface area contributed by atoms with Crippen LogP contribution in [0.3, 0.4) is 0 Å². The van der Waals surface area contributed by atoms with E-state index in [1.807, 2.05) is 25.1 Å². The van der Waals surface area contributed by atoms with Gasteiger partial charge in [-0.2, -0.15) is 0 Å². The fourth-order valence-electron chi connectivity index (χ4n) is 1.40. The van der Waals surface area contributed by atoms with Crippen molar-refractivity contribution in [1.29, 1.82) is 0 Å². The second kappa shape index (κ2) is 5.35. The first-order chi connectivity index (χ1) is 6.65. The molecule has 0 aliphatic heterocycles. The van der Waals surface area contributed by atoms with E-state index in [9.17, 15) is 0 Å². The van der Waals surface area contributed by atoms with Crippen LogP contribution in [0.4, 0.5) is 0 Å². The predicted molar refractivity (Wildman–Crippen MR) is 61.4 cm³/mol. The summed E-state index contributed by atoms with van der Waals surface area (Å²) in [5, 5.41) is 0.791. The molecule has 0 aliphatic carbocycles. The van der Waals surface area contributed by atoms with Crippen LogP contribution in [-0.2, 0) is 0 Å². The van der Waals surface area contributed by atoms with E-state index in [2.05, 4.69) is 0 Å². The van der Waals surface area contributed by atoms with Gasteiger partial charge in [-0.15, -0.1) is 0 Å². The number of halogens is 1. The van der Waals surface area contributed by atoms with Gasteiger partial charge in [-0.1, -0.05) is 23.7 Å². The Bertz CT molecular complexity index is 299. The Morgan fingerprint density at radius 3 is 2.71 bits per heavy atom. The molecule has 1 aromatic rings. The zero-order valence-corrected chi connectivity index (χ0v) is 9.22. The van der Waals surface area contributed by atoms with Crippen LogP contribution in [0.15, 0.2) is 18.2 Å². The molecular formula is C11H17ClN2. The minimum atomic E-state index is 0.0783. The van der Waals surface area contributed by atoms with Gasteiger partial charge in [0.15, 0.2) is 0 Å². The van der Waals surface area contributed by atoms with Crippen molar-refractivity contribution >= 4 is 11.6 Å². The van der Waals surface area contributed by atoms with E-state index in [1.54, 1.807) is 0 Å². The van der Waals surface area contributed by atoms with Gasteiger partial charge >= 0.3 is 0 Å². The molecule has 3 heteroatoms. The third-order valence-electron chi connectivity index (χ3n) is 2.33. The zero-order chi connectivity index (χ0) is 10.6. The highest BCUT2D eigenvalue weighted by Gasteiger charge is 2.06. The van der Waals surface area contributed by atoms with Gasteiger partial charge in [0.05, 0.1) is 0 Å². The molecule has 0 spiro atoms. The minimum Gasteiger partial charge on any atom is -0.330 e. The molecule has 4 N–H and O–H groups in total. The minimum absolute atomic E-state index is 0.0783. The topological polar surface area (TPSA) is 52.0 Å². The predicted octanol–water partition coefficient (Wildman–Crippen LogP) is 2.39. The lowest BCUT2D eigenvalue weighted by molar-refractivity contribution is 0.617. The summed E-state index contributed by atoms with van der Waals surface area (Å²) in [6.07, 6.45) is 1.89. The van der Waals surface area contributed by atoms with Crippen molar-refractivity contribution in [2.24, 2.45) is 11.5 Å². The van der Waals surface area contributed by atoms with Crippen LogP contribution in [0.1, 0.15) is 30.0 Å². The summed E-state index contributed by atoms with van der Waals surface area (Å²) in [5.74, 6) is 0. The molecule has 1 atom stereocenters. The van der Waals surface area contributed by atoms with Crippen LogP contribution >= 0.6 is 11.6 Å².